The van der Waals surface area contributed by atoms with Crippen molar-refractivity contribution >= 4 is 0 Å². The van der Waals surface area contributed by atoms with E-state index in [-0.39, 0.29) is 13.2 Å². The van der Waals surface area contributed by atoms with Crippen LogP contribution in [0.4, 0.5) is 92.2 Å². The highest BCUT2D eigenvalue weighted by Gasteiger charge is 2.97. The van der Waals surface area contributed by atoms with Crippen molar-refractivity contribution in [1.29, 1.82) is 0 Å². The van der Waals surface area contributed by atoms with E-state index in [9.17, 15) is 92.2 Å². The summed E-state index contributed by atoms with van der Waals surface area (Å²) in [5, 5.41) is 0. The smallest absolute Gasteiger partial charge is 0.381 e. The molecule has 23 heteroatoms. The van der Waals surface area contributed by atoms with Gasteiger partial charge in [-0.1, -0.05) is 0 Å². The minimum absolute atomic E-state index is 0.0707. The first-order valence-electron chi connectivity index (χ1n) is 9.45. The third kappa shape index (κ3) is 4.95. The van der Waals surface area contributed by atoms with E-state index < -0.39 is 85.0 Å². The first kappa shape index (κ1) is 35.5. The molecule has 1 rings (SSSR count). The van der Waals surface area contributed by atoms with E-state index in [4.69, 9.17) is 0 Å². The van der Waals surface area contributed by atoms with E-state index in [1.165, 1.54) is 0 Å². The summed E-state index contributed by atoms with van der Waals surface area (Å²) in [6, 6.07) is 0. The van der Waals surface area contributed by atoms with Crippen LogP contribution in [0.2, 0.25) is 0 Å². The topological polar surface area (TPSA) is 18.5 Å². The fourth-order valence-electron chi connectivity index (χ4n) is 2.58. The summed E-state index contributed by atoms with van der Waals surface area (Å²) in [4.78, 5) is 0. The van der Waals surface area contributed by atoms with Gasteiger partial charge in [0.2, 0.25) is 0 Å². The average Bonchev–Trinajstić information content (AvgIpc) is 2.70. The van der Waals surface area contributed by atoms with Crippen LogP contribution in [0, 0.1) is 5.92 Å². The van der Waals surface area contributed by atoms with Gasteiger partial charge in [-0.15, -0.1) is 0 Å². The van der Waals surface area contributed by atoms with Gasteiger partial charge in [0.05, 0.1) is 26.4 Å². The zero-order valence-corrected chi connectivity index (χ0v) is 17.9. The van der Waals surface area contributed by atoms with Gasteiger partial charge in [0.25, 0.3) is 0 Å². The highest BCUT2D eigenvalue weighted by Crippen LogP contribution is 2.66. The molecule has 1 aliphatic rings. The van der Waals surface area contributed by atoms with Gasteiger partial charge in [-0.2, -0.15) is 92.2 Å². The van der Waals surface area contributed by atoms with E-state index in [1.54, 1.807) is 0 Å². The number of alkyl halides is 21. The van der Waals surface area contributed by atoms with Gasteiger partial charge >= 0.3 is 59.5 Å². The minimum Gasteiger partial charge on any atom is -0.381 e. The zero-order chi connectivity index (χ0) is 31.5. The van der Waals surface area contributed by atoms with Crippen molar-refractivity contribution in [2.24, 2.45) is 5.92 Å². The van der Waals surface area contributed by atoms with Crippen LogP contribution in [0.15, 0.2) is 0 Å². The maximum Gasteiger partial charge on any atom is 0.460 e. The molecule has 0 atom stereocenters. The molecule has 0 unspecified atom stereocenters. The summed E-state index contributed by atoms with van der Waals surface area (Å²) in [5.41, 5.74) is 0. The van der Waals surface area contributed by atoms with Gasteiger partial charge in [0.1, 0.15) is 0 Å². The lowest BCUT2D eigenvalue weighted by Crippen LogP contribution is -2.76. The fraction of sp³-hybridized carbons (Fsp3) is 1.00. The van der Waals surface area contributed by atoms with Gasteiger partial charge in [-0.25, -0.2) is 0 Å². The molecule has 1 saturated heterocycles. The molecule has 234 valence electrons. The molecule has 0 saturated carbocycles. The highest BCUT2D eigenvalue weighted by atomic mass is 19.4. The highest BCUT2D eigenvalue weighted by molar-refractivity contribution is 5.17. The van der Waals surface area contributed by atoms with E-state index >= 15 is 0 Å². The minimum atomic E-state index is -9.16. The lowest BCUT2D eigenvalue weighted by Gasteiger charge is -2.44. The molecule has 0 radical (unpaired) electrons. The molecular formula is C16H11F21O2. The van der Waals surface area contributed by atoms with Crippen LogP contribution in [0.25, 0.3) is 0 Å². The Hall–Kier alpha value is -1.55. The Kier molecular flexibility index (Phi) is 8.89. The third-order valence-electron chi connectivity index (χ3n) is 5.20. The van der Waals surface area contributed by atoms with Gasteiger partial charge in [-0.3, -0.25) is 0 Å². The van der Waals surface area contributed by atoms with E-state index in [0.29, 0.717) is 0 Å². The molecule has 0 spiro atoms. The Balaban J connectivity index is 3.47. The molecular weight excluding hydrogens is 623 g/mol. The summed E-state index contributed by atoms with van der Waals surface area (Å²) in [7, 11) is 0. The average molecular weight is 634 g/mol. The van der Waals surface area contributed by atoms with Crippen molar-refractivity contribution in [1.82, 2.24) is 0 Å². The Morgan fingerprint density at radius 1 is 0.462 bits per heavy atom. The van der Waals surface area contributed by atoms with Crippen molar-refractivity contribution in [3.8, 4) is 0 Å². The summed E-state index contributed by atoms with van der Waals surface area (Å²) >= 11 is 0. The van der Waals surface area contributed by atoms with E-state index in [0.717, 1.165) is 0 Å². The molecule has 0 bridgehead atoms. The molecule has 0 amide bonds. The van der Waals surface area contributed by atoms with Crippen molar-refractivity contribution in [2.45, 2.75) is 65.9 Å². The first-order chi connectivity index (χ1) is 16.8. The van der Waals surface area contributed by atoms with Gasteiger partial charge < -0.3 is 9.47 Å². The number of hydrogen-bond donors (Lipinski definition) is 0. The lowest BCUT2D eigenvalue weighted by molar-refractivity contribution is -0.474. The Morgan fingerprint density at radius 3 is 1.05 bits per heavy atom. The lowest BCUT2D eigenvalue weighted by atomic mass is 9.86. The third-order valence-corrected chi connectivity index (χ3v) is 5.20. The Bertz CT molecular complexity index is 856. The van der Waals surface area contributed by atoms with Crippen LogP contribution in [0.3, 0.4) is 0 Å². The van der Waals surface area contributed by atoms with E-state index in [1.807, 2.05) is 0 Å². The molecule has 1 fully saturated rings. The Morgan fingerprint density at radius 2 is 0.769 bits per heavy atom. The molecule has 39 heavy (non-hydrogen) atoms. The predicted molar refractivity (Wildman–Crippen MR) is 80.3 cm³/mol. The van der Waals surface area contributed by atoms with Crippen molar-refractivity contribution in [2.75, 3.05) is 26.4 Å². The molecule has 0 aromatic carbocycles. The van der Waals surface area contributed by atoms with Crippen LogP contribution in [-0.2, 0) is 9.47 Å². The number of halogens is 21. The van der Waals surface area contributed by atoms with Crippen LogP contribution in [0.1, 0.15) is 6.42 Å². The summed E-state index contributed by atoms with van der Waals surface area (Å²) in [6.07, 6.45) is -10.8. The predicted octanol–water partition coefficient (Wildman–Crippen LogP) is 7.32. The second-order valence-corrected chi connectivity index (χ2v) is 8.03. The summed E-state index contributed by atoms with van der Waals surface area (Å²) in [6.45, 7) is -2.47. The van der Waals surface area contributed by atoms with Crippen LogP contribution < -0.4 is 0 Å². The fourth-order valence-corrected chi connectivity index (χ4v) is 2.58. The standard InChI is InChI=1S/C16H11F21O2/c17-7(18,1-2-38-3-6-4-39-5-6)8(19,20)9(21,22)10(23,24)11(25,26)12(27,28)13(29,30)14(31,32)15(33,34)16(35,36)37/h6H,1-5H2. The van der Waals surface area contributed by atoms with Gasteiger partial charge in [0, 0.05) is 12.3 Å². The monoisotopic (exact) mass is 634 g/mol. The molecule has 0 N–H and O–H groups in total. The molecule has 1 aliphatic heterocycles. The maximum absolute atomic E-state index is 13.7. The first-order valence-corrected chi connectivity index (χ1v) is 9.45. The van der Waals surface area contributed by atoms with Crippen LogP contribution >= 0.6 is 0 Å². The molecule has 0 aliphatic carbocycles. The quantitative estimate of drug-likeness (QED) is 0.156. The molecule has 1 heterocycles. The normalized spacial score (nSPS) is 18.4. The van der Waals surface area contributed by atoms with Gasteiger partial charge in [0.15, 0.2) is 0 Å². The van der Waals surface area contributed by atoms with Crippen LogP contribution in [-0.4, -0.2) is 85.9 Å². The van der Waals surface area contributed by atoms with Crippen LogP contribution in [0.5, 0.6) is 0 Å². The second-order valence-electron chi connectivity index (χ2n) is 8.03. The second kappa shape index (κ2) is 9.78. The zero-order valence-electron chi connectivity index (χ0n) is 17.9. The van der Waals surface area contributed by atoms with Crippen molar-refractivity contribution < 1.29 is 102 Å². The number of hydrogen-bond acceptors (Lipinski definition) is 2. The molecule has 2 nitrogen and oxygen atoms in total. The molecule has 0 aromatic heterocycles. The molecule has 0 aromatic rings. The SMILES string of the molecule is FC(F)(F)C(F)(F)C(F)(F)C(F)(F)C(F)(F)C(F)(F)C(F)(F)C(F)(F)C(F)(F)C(F)(F)CCOCC1COC1. The summed E-state index contributed by atoms with van der Waals surface area (Å²) < 4.78 is 287. The number of rotatable bonds is 13. The largest absolute Gasteiger partial charge is 0.460 e. The Labute approximate surface area is 201 Å². The van der Waals surface area contributed by atoms with Crippen molar-refractivity contribution in [3.05, 3.63) is 0 Å². The number of ether oxygens (including phenoxy) is 2. The van der Waals surface area contributed by atoms with Gasteiger partial charge in [-0.05, 0) is 0 Å². The van der Waals surface area contributed by atoms with Crippen molar-refractivity contribution in [3.63, 3.8) is 0 Å². The maximum atomic E-state index is 13.7. The summed E-state index contributed by atoms with van der Waals surface area (Å²) in [5.74, 6) is -77.3. The van der Waals surface area contributed by atoms with E-state index in [2.05, 4.69) is 9.47 Å².